The number of nitrogens with zero attached hydrogens (tertiary/aromatic N) is 1. The Balaban J connectivity index is 1.64. The van der Waals surface area contributed by atoms with E-state index in [-0.39, 0.29) is 5.60 Å². The number of para-hydroxylation sites is 1. The fraction of sp³-hybridized carbons (Fsp3) is 0.457. The monoisotopic (exact) mass is 529 g/mol. The average molecular weight is 530 g/mol. The van der Waals surface area contributed by atoms with E-state index in [2.05, 4.69) is 52.8 Å². The molecule has 1 amide bonds. The number of carbonyl (C=O) groups is 1. The second-order valence-electron chi connectivity index (χ2n) is 11.6. The van der Waals surface area contributed by atoms with Crippen molar-refractivity contribution in [2.24, 2.45) is 0 Å². The summed E-state index contributed by atoms with van der Waals surface area (Å²) in [5, 5.41) is 10.0. The van der Waals surface area contributed by atoms with Gasteiger partial charge in [-0.25, -0.2) is 9.69 Å². The van der Waals surface area contributed by atoms with Crippen LogP contribution in [0.15, 0.2) is 71.3 Å². The first-order chi connectivity index (χ1) is 18.5. The van der Waals surface area contributed by atoms with Gasteiger partial charge in [0.05, 0.1) is 11.4 Å². The maximum absolute atomic E-state index is 12.3. The Morgan fingerprint density at radius 1 is 0.949 bits per heavy atom. The summed E-state index contributed by atoms with van der Waals surface area (Å²) in [7, 11) is 0. The SMILES string of the molecule is CC(C)=CCC/C(C)=C/CC/C(C)=C/CC[C@]1(C)CCc2cc(N(C(=O)O)c3ccccc3)c(C)c(C)c2O1. The fourth-order valence-electron chi connectivity index (χ4n) is 5.27. The molecule has 0 spiro atoms. The van der Waals surface area contributed by atoms with Crippen LogP contribution >= 0.6 is 0 Å². The third-order valence-corrected chi connectivity index (χ3v) is 7.90. The van der Waals surface area contributed by atoms with Crippen molar-refractivity contribution in [2.45, 2.75) is 105 Å². The first-order valence-corrected chi connectivity index (χ1v) is 14.4. The van der Waals surface area contributed by atoms with E-state index in [9.17, 15) is 9.90 Å². The molecule has 39 heavy (non-hydrogen) atoms. The Morgan fingerprint density at radius 3 is 2.18 bits per heavy atom. The molecule has 3 rings (SSSR count). The lowest BCUT2D eigenvalue weighted by atomic mass is 9.86. The molecule has 1 atom stereocenters. The van der Waals surface area contributed by atoms with Crippen LogP contribution in [0.4, 0.5) is 16.2 Å². The number of carboxylic acid groups (broad SMARTS) is 1. The molecule has 4 heteroatoms. The molecule has 2 aromatic rings. The van der Waals surface area contributed by atoms with E-state index in [0.717, 1.165) is 73.8 Å². The van der Waals surface area contributed by atoms with Gasteiger partial charge in [0.25, 0.3) is 0 Å². The van der Waals surface area contributed by atoms with Crippen molar-refractivity contribution in [1.29, 1.82) is 0 Å². The summed E-state index contributed by atoms with van der Waals surface area (Å²) in [5.41, 5.74) is 8.48. The number of fused-ring (bicyclic) bond motifs is 1. The number of rotatable bonds is 11. The smallest absolute Gasteiger partial charge is 0.416 e. The van der Waals surface area contributed by atoms with E-state index in [4.69, 9.17) is 4.74 Å². The van der Waals surface area contributed by atoms with Crippen molar-refractivity contribution < 1.29 is 14.6 Å². The van der Waals surface area contributed by atoms with Gasteiger partial charge in [0.1, 0.15) is 11.4 Å². The van der Waals surface area contributed by atoms with Crippen LogP contribution in [-0.4, -0.2) is 16.8 Å². The normalized spacial score (nSPS) is 17.3. The molecule has 0 fully saturated rings. The molecule has 0 aromatic heterocycles. The lowest BCUT2D eigenvalue weighted by Gasteiger charge is -2.38. The molecule has 0 bridgehead atoms. The van der Waals surface area contributed by atoms with Crippen molar-refractivity contribution in [2.75, 3.05) is 4.90 Å². The van der Waals surface area contributed by atoms with E-state index in [1.54, 1.807) is 0 Å². The lowest BCUT2D eigenvalue weighted by Crippen LogP contribution is -2.37. The van der Waals surface area contributed by atoms with Crippen molar-refractivity contribution in [3.05, 3.63) is 88.0 Å². The van der Waals surface area contributed by atoms with Crippen LogP contribution in [0.1, 0.15) is 96.3 Å². The zero-order valence-electron chi connectivity index (χ0n) is 25.1. The van der Waals surface area contributed by atoms with Gasteiger partial charge >= 0.3 is 6.09 Å². The Morgan fingerprint density at radius 2 is 1.56 bits per heavy atom. The van der Waals surface area contributed by atoms with Gasteiger partial charge in [0.2, 0.25) is 0 Å². The van der Waals surface area contributed by atoms with Crippen LogP contribution in [0.2, 0.25) is 0 Å². The number of hydrogen-bond donors (Lipinski definition) is 1. The van der Waals surface area contributed by atoms with Crippen LogP contribution in [0.25, 0.3) is 0 Å². The largest absolute Gasteiger partial charge is 0.487 e. The van der Waals surface area contributed by atoms with Gasteiger partial charge in [-0.3, -0.25) is 0 Å². The minimum absolute atomic E-state index is 0.226. The maximum Gasteiger partial charge on any atom is 0.416 e. The zero-order chi connectivity index (χ0) is 28.6. The molecule has 1 heterocycles. The highest BCUT2D eigenvalue weighted by atomic mass is 16.5. The molecule has 1 aliphatic heterocycles. The number of allylic oxidation sites excluding steroid dienone is 6. The highest BCUT2D eigenvalue weighted by molar-refractivity contribution is 5.96. The predicted molar refractivity (Wildman–Crippen MR) is 165 cm³/mol. The summed E-state index contributed by atoms with van der Waals surface area (Å²) < 4.78 is 6.67. The van der Waals surface area contributed by atoms with Crippen molar-refractivity contribution >= 4 is 17.5 Å². The number of benzene rings is 2. The van der Waals surface area contributed by atoms with E-state index in [1.165, 1.54) is 21.6 Å². The van der Waals surface area contributed by atoms with Crippen LogP contribution < -0.4 is 9.64 Å². The molecule has 1 aliphatic rings. The van der Waals surface area contributed by atoms with Crippen molar-refractivity contribution in [3.63, 3.8) is 0 Å². The number of hydrogen-bond acceptors (Lipinski definition) is 2. The standard InChI is InChI=1S/C35H47NO3/c1-25(2)14-11-15-26(3)16-12-17-27(4)18-13-22-35(7)23-21-30-24-32(28(5)29(6)33(30)39-35)36(34(37)38)31-19-9-8-10-20-31/h8-10,14,16,18-20,24H,11-13,15,17,21-23H2,1-7H3,(H,37,38)/b26-16+,27-18+/t35-/m1/s1. The second-order valence-corrected chi connectivity index (χ2v) is 11.6. The molecular formula is C35H47NO3. The number of amides is 1. The van der Waals surface area contributed by atoms with Crippen LogP contribution in [-0.2, 0) is 6.42 Å². The van der Waals surface area contributed by atoms with Gasteiger partial charge < -0.3 is 9.84 Å². The third kappa shape index (κ3) is 8.36. The van der Waals surface area contributed by atoms with Crippen LogP contribution in [0.5, 0.6) is 5.75 Å². The summed E-state index contributed by atoms with van der Waals surface area (Å²) in [6, 6.07) is 11.3. The first kappa shape index (κ1) is 30.3. The van der Waals surface area contributed by atoms with Crippen LogP contribution in [0.3, 0.4) is 0 Å². The fourth-order valence-corrected chi connectivity index (χ4v) is 5.27. The predicted octanol–water partition coefficient (Wildman–Crippen LogP) is 10.4. The summed E-state index contributed by atoms with van der Waals surface area (Å²) in [5.74, 6) is 0.929. The molecule has 210 valence electrons. The number of anilines is 2. The Hall–Kier alpha value is -3.27. The van der Waals surface area contributed by atoms with Gasteiger partial charge in [-0.15, -0.1) is 0 Å². The topological polar surface area (TPSA) is 49.8 Å². The minimum Gasteiger partial charge on any atom is -0.487 e. The molecule has 0 radical (unpaired) electrons. The quantitative estimate of drug-likeness (QED) is 0.295. The Labute approximate surface area is 236 Å². The summed E-state index contributed by atoms with van der Waals surface area (Å²) in [6.45, 7) is 15.0. The lowest BCUT2D eigenvalue weighted by molar-refractivity contribution is 0.0562. The van der Waals surface area contributed by atoms with Crippen LogP contribution in [0, 0.1) is 13.8 Å². The molecule has 2 aromatic carbocycles. The van der Waals surface area contributed by atoms with Gasteiger partial charge in [-0.2, -0.15) is 0 Å². The highest BCUT2D eigenvalue weighted by Crippen LogP contribution is 2.43. The first-order valence-electron chi connectivity index (χ1n) is 14.4. The van der Waals surface area contributed by atoms with Gasteiger partial charge in [0.15, 0.2) is 0 Å². The third-order valence-electron chi connectivity index (χ3n) is 7.90. The number of aryl methyl sites for hydroxylation is 1. The summed E-state index contributed by atoms with van der Waals surface area (Å²) in [6.07, 6.45) is 14.3. The van der Waals surface area contributed by atoms with E-state index in [0.29, 0.717) is 11.4 Å². The van der Waals surface area contributed by atoms with Gasteiger partial charge in [-0.05, 0) is 135 Å². The zero-order valence-corrected chi connectivity index (χ0v) is 25.1. The summed E-state index contributed by atoms with van der Waals surface area (Å²) in [4.78, 5) is 13.6. The molecule has 0 unspecified atom stereocenters. The van der Waals surface area contributed by atoms with E-state index >= 15 is 0 Å². The molecule has 0 saturated carbocycles. The van der Waals surface area contributed by atoms with Gasteiger partial charge in [0, 0.05) is 0 Å². The van der Waals surface area contributed by atoms with Gasteiger partial charge in [-0.1, -0.05) is 53.1 Å². The average Bonchev–Trinajstić information content (AvgIpc) is 2.88. The molecule has 0 saturated heterocycles. The second kappa shape index (κ2) is 13.7. The summed E-state index contributed by atoms with van der Waals surface area (Å²) >= 11 is 0. The van der Waals surface area contributed by atoms with Crippen molar-refractivity contribution in [1.82, 2.24) is 0 Å². The van der Waals surface area contributed by atoms with E-state index < -0.39 is 6.09 Å². The highest BCUT2D eigenvalue weighted by Gasteiger charge is 2.33. The Bertz CT molecular complexity index is 1230. The molecule has 0 aliphatic carbocycles. The number of ether oxygens (including phenoxy) is 1. The molecule has 4 nitrogen and oxygen atoms in total. The van der Waals surface area contributed by atoms with Crippen molar-refractivity contribution in [3.8, 4) is 5.75 Å². The molecular weight excluding hydrogens is 482 g/mol. The molecule has 1 N–H and O–H groups in total. The Kier molecular flexibility index (Phi) is 10.6. The van der Waals surface area contributed by atoms with E-state index in [1.807, 2.05) is 50.2 Å². The maximum atomic E-state index is 12.3. The minimum atomic E-state index is -0.984.